The first-order valence-electron chi connectivity index (χ1n) is 5.29. The number of nitrogens with zero attached hydrogens (tertiary/aromatic N) is 2. The van der Waals surface area contributed by atoms with Gasteiger partial charge in [0.2, 0.25) is 0 Å². The van der Waals surface area contributed by atoms with Gasteiger partial charge < -0.3 is 4.57 Å². The number of aryl methyl sites for hydroxylation is 4. The SMILES string of the molecule is Cc1ccccc1CCn1ccnc1C. The summed E-state index contributed by atoms with van der Waals surface area (Å²) in [5, 5.41) is 0. The Labute approximate surface area is 90.6 Å². The molecule has 78 valence electrons. The summed E-state index contributed by atoms with van der Waals surface area (Å²) in [5.41, 5.74) is 2.79. The van der Waals surface area contributed by atoms with Crippen molar-refractivity contribution in [2.45, 2.75) is 26.8 Å². The van der Waals surface area contributed by atoms with E-state index in [9.17, 15) is 0 Å². The molecule has 2 rings (SSSR count). The minimum Gasteiger partial charge on any atom is -0.335 e. The number of rotatable bonds is 3. The van der Waals surface area contributed by atoms with E-state index in [1.165, 1.54) is 11.1 Å². The standard InChI is InChI=1S/C13H16N2/c1-11-5-3-4-6-13(11)7-9-15-10-8-14-12(15)2/h3-6,8,10H,7,9H2,1-2H3. The van der Waals surface area contributed by atoms with E-state index in [-0.39, 0.29) is 0 Å². The molecule has 2 aromatic rings. The first-order valence-corrected chi connectivity index (χ1v) is 5.29. The minimum atomic E-state index is 1.01. The molecule has 15 heavy (non-hydrogen) atoms. The molecule has 0 N–H and O–H groups in total. The van der Waals surface area contributed by atoms with Crippen molar-refractivity contribution in [2.75, 3.05) is 0 Å². The molecular formula is C13H16N2. The highest BCUT2D eigenvalue weighted by atomic mass is 15.0. The van der Waals surface area contributed by atoms with Gasteiger partial charge in [0.05, 0.1) is 0 Å². The Morgan fingerprint density at radius 3 is 2.67 bits per heavy atom. The molecule has 0 radical (unpaired) electrons. The summed E-state index contributed by atoms with van der Waals surface area (Å²) < 4.78 is 2.19. The fraction of sp³-hybridized carbons (Fsp3) is 0.308. The molecule has 1 aromatic carbocycles. The normalized spacial score (nSPS) is 10.5. The number of hydrogen-bond donors (Lipinski definition) is 0. The lowest BCUT2D eigenvalue weighted by Gasteiger charge is -2.07. The van der Waals surface area contributed by atoms with Crippen LogP contribution in [0, 0.1) is 13.8 Å². The van der Waals surface area contributed by atoms with Crippen molar-refractivity contribution < 1.29 is 0 Å². The van der Waals surface area contributed by atoms with Gasteiger partial charge in [-0.25, -0.2) is 4.98 Å². The third kappa shape index (κ3) is 2.27. The van der Waals surface area contributed by atoms with Crippen molar-refractivity contribution in [3.05, 3.63) is 53.6 Å². The van der Waals surface area contributed by atoms with Gasteiger partial charge in [-0.2, -0.15) is 0 Å². The lowest BCUT2D eigenvalue weighted by molar-refractivity contribution is 0.671. The maximum Gasteiger partial charge on any atom is 0.105 e. The summed E-state index contributed by atoms with van der Waals surface area (Å²) in [6.07, 6.45) is 4.96. The number of aromatic nitrogens is 2. The molecule has 0 saturated carbocycles. The lowest BCUT2D eigenvalue weighted by Crippen LogP contribution is -2.03. The van der Waals surface area contributed by atoms with Crippen molar-refractivity contribution in [3.63, 3.8) is 0 Å². The van der Waals surface area contributed by atoms with Crippen LogP contribution >= 0.6 is 0 Å². The smallest absolute Gasteiger partial charge is 0.105 e. The van der Waals surface area contributed by atoms with Gasteiger partial charge in [-0.1, -0.05) is 24.3 Å². The molecule has 1 aromatic heterocycles. The fourth-order valence-corrected chi connectivity index (χ4v) is 1.77. The Balaban J connectivity index is 2.06. The molecule has 0 fully saturated rings. The highest BCUT2D eigenvalue weighted by molar-refractivity contribution is 5.25. The predicted molar refractivity (Wildman–Crippen MR) is 61.8 cm³/mol. The van der Waals surface area contributed by atoms with Gasteiger partial charge >= 0.3 is 0 Å². The molecule has 0 amide bonds. The van der Waals surface area contributed by atoms with Crippen LogP contribution in [0.3, 0.4) is 0 Å². The van der Waals surface area contributed by atoms with Crippen LogP contribution in [0.4, 0.5) is 0 Å². The molecule has 0 spiro atoms. The Morgan fingerprint density at radius 1 is 1.20 bits per heavy atom. The van der Waals surface area contributed by atoms with Crippen LogP contribution in [0.25, 0.3) is 0 Å². The maximum absolute atomic E-state index is 4.21. The molecule has 0 aliphatic heterocycles. The quantitative estimate of drug-likeness (QED) is 0.745. The molecule has 2 heteroatoms. The Morgan fingerprint density at radius 2 is 2.00 bits per heavy atom. The Hall–Kier alpha value is -1.57. The van der Waals surface area contributed by atoms with Gasteiger partial charge in [0, 0.05) is 18.9 Å². The average Bonchev–Trinajstić information content (AvgIpc) is 2.63. The van der Waals surface area contributed by atoms with Crippen LogP contribution in [0.15, 0.2) is 36.7 Å². The first-order chi connectivity index (χ1) is 7.27. The lowest BCUT2D eigenvalue weighted by atomic mass is 10.1. The van der Waals surface area contributed by atoms with E-state index in [2.05, 4.69) is 40.7 Å². The van der Waals surface area contributed by atoms with Crippen molar-refractivity contribution >= 4 is 0 Å². The maximum atomic E-state index is 4.21. The largest absolute Gasteiger partial charge is 0.335 e. The van der Waals surface area contributed by atoms with E-state index in [0.717, 1.165) is 18.8 Å². The molecule has 0 unspecified atom stereocenters. The van der Waals surface area contributed by atoms with Gasteiger partial charge in [0.1, 0.15) is 5.82 Å². The van der Waals surface area contributed by atoms with E-state index in [1.807, 2.05) is 19.3 Å². The molecule has 1 heterocycles. The Bertz CT molecular complexity index is 443. The molecule has 0 atom stereocenters. The summed E-state index contributed by atoms with van der Waals surface area (Å²) >= 11 is 0. The second kappa shape index (κ2) is 4.30. The monoisotopic (exact) mass is 200 g/mol. The highest BCUT2D eigenvalue weighted by Crippen LogP contribution is 2.09. The van der Waals surface area contributed by atoms with E-state index in [0.29, 0.717) is 0 Å². The van der Waals surface area contributed by atoms with Gasteiger partial charge in [-0.05, 0) is 31.4 Å². The van der Waals surface area contributed by atoms with Crippen LogP contribution < -0.4 is 0 Å². The van der Waals surface area contributed by atoms with Crippen LogP contribution in [0.5, 0.6) is 0 Å². The first kappa shape index (κ1) is 9.97. The minimum absolute atomic E-state index is 1.01. The van der Waals surface area contributed by atoms with Gasteiger partial charge in [0.25, 0.3) is 0 Å². The van der Waals surface area contributed by atoms with E-state index in [4.69, 9.17) is 0 Å². The average molecular weight is 200 g/mol. The highest BCUT2D eigenvalue weighted by Gasteiger charge is 1.99. The fourth-order valence-electron chi connectivity index (χ4n) is 1.77. The zero-order valence-electron chi connectivity index (χ0n) is 9.27. The molecular weight excluding hydrogens is 184 g/mol. The topological polar surface area (TPSA) is 17.8 Å². The third-order valence-electron chi connectivity index (χ3n) is 2.81. The summed E-state index contributed by atoms with van der Waals surface area (Å²) in [7, 11) is 0. The molecule has 0 aliphatic rings. The predicted octanol–water partition coefficient (Wildman–Crippen LogP) is 2.74. The second-order valence-electron chi connectivity index (χ2n) is 3.84. The van der Waals surface area contributed by atoms with Crippen molar-refractivity contribution in [2.24, 2.45) is 0 Å². The zero-order valence-corrected chi connectivity index (χ0v) is 9.27. The van der Waals surface area contributed by atoms with Crippen LogP contribution in [0.2, 0.25) is 0 Å². The second-order valence-corrected chi connectivity index (χ2v) is 3.84. The number of hydrogen-bond acceptors (Lipinski definition) is 1. The van der Waals surface area contributed by atoms with Crippen LogP contribution in [-0.2, 0) is 13.0 Å². The molecule has 2 nitrogen and oxygen atoms in total. The Kier molecular flexibility index (Phi) is 2.86. The number of imidazole rings is 1. The number of benzene rings is 1. The van der Waals surface area contributed by atoms with Crippen molar-refractivity contribution in [1.82, 2.24) is 9.55 Å². The van der Waals surface area contributed by atoms with Gasteiger partial charge in [-0.15, -0.1) is 0 Å². The van der Waals surface area contributed by atoms with Crippen LogP contribution in [-0.4, -0.2) is 9.55 Å². The van der Waals surface area contributed by atoms with Crippen LogP contribution in [0.1, 0.15) is 17.0 Å². The van der Waals surface area contributed by atoms with Gasteiger partial charge in [0.15, 0.2) is 0 Å². The molecule has 0 bridgehead atoms. The van der Waals surface area contributed by atoms with Crippen molar-refractivity contribution in [3.8, 4) is 0 Å². The van der Waals surface area contributed by atoms with Crippen molar-refractivity contribution in [1.29, 1.82) is 0 Å². The third-order valence-corrected chi connectivity index (χ3v) is 2.81. The van der Waals surface area contributed by atoms with Gasteiger partial charge in [-0.3, -0.25) is 0 Å². The van der Waals surface area contributed by atoms with E-state index < -0.39 is 0 Å². The van der Waals surface area contributed by atoms with E-state index in [1.54, 1.807) is 0 Å². The summed E-state index contributed by atoms with van der Waals surface area (Å²) in [6.45, 7) is 5.21. The molecule has 0 saturated heterocycles. The summed E-state index contributed by atoms with van der Waals surface area (Å²) in [5.74, 6) is 1.09. The summed E-state index contributed by atoms with van der Waals surface area (Å²) in [6, 6.07) is 8.54. The van der Waals surface area contributed by atoms with E-state index >= 15 is 0 Å². The summed E-state index contributed by atoms with van der Waals surface area (Å²) in [4.78, 5) is 4.21. The molecule has 0 aliphatic carbocycles. The zero-order chi connectivity index (χ0) is 10.7.